The molecule has 0 fully saturated rings. The molecule has 0 aromatic carbocycles. The molecule has 2 aromatic rings. The summed E-state index contributed by atoms with van der Waals surface area (Å²) >= 11 is 1.06. The van der Waals surface area contributed by atoms with Gasteiger partial charge in [0.05, 0.1) is 5.25 Å². The van der Waals surface area contributed by atoms with Crippen LogP contribution in [0.2, 0.25) is 0 Å². The Morgan fingerprint density at radius 2 is 1.92 bits per heavy atom. The third-order valence-electron chi connectivity index (χ3n) is 4.07. The molecule has 11 heteroatoms. The normalized spacial score (nSPS) is 12.3. The lowest BCUT2D eigenvalue weighted by Crippen LogP contribution is -2.42. The molecule has 0 aliphatic carbocycles. The van der Waals surface area contributed by atoms with Crippen molar-refractivity contribution in [3.8, 4) is 0 Å². The van der Waals surface area contributed by atoms with Crippen LogP contribution >= 0.6 is 11.8 Å². The van der Waals surface area contributed by atoms with Crippen LogP contribution in [0.4, 0.5) is 5.82 Å². The first-order valence-electron chi connectivity index (χ1n) is 8.12. The smallest absolute Gasteiger partial charge is 0.343 e. The number of nitrogens with two attached hydrogens (primary N) is 1. The fourth-order valence-corrected chi connectivity index (χ4v) is 3.35. The number of ketones is 1. The van der Waals surface area contributed by atoms with Gasteiger partial charge in [-0.05, 0) is 13.3 Å². The number of aromatic nitrogens is 5. The van der Waals surface area contributed by atoms with E-state index in [-0.39, 0.29) is 17.1 Å². The number of unbranched alkanes of at least 4 members (excludes halogenated alkanes) is 1. The lowest BCUT2D eigenvalue weighted by Gasteiger charge is -2.14. The number of nitrogen functional groups attached to an aromatic ring is 1. The standard InChI is InChI=1S/C15H22N6O4S/c1-5-6-7-21-13(24)17-18-14(21)26-8(2)10(22)9-11(16)19(3)15(25)20(4)12(9)23/h8H,5-7,16H2,1-4H3,(H,17,24). The molecule has 26 heavy (non-hydrogen) atoms. The van der Waals surface area contributed by atoms with Crippen molar-refractivity contribution in [2.24, 2.45) is 14.1 Å². The highest BCUT2D eigenvalue weighted by atomic mass is 32.2. The molecule has 0 aliphatic rings. The van der Waals surface area contributed by atoms with E-state index < -0.39 is 22.3 Å². The van der Waals surface area contributed by atoms with E-state index in [0.717, 1.165) is 33.7 Å². The van der Waals surface area contributed by atoms with Crippen LogP contribution in [-0.4, -0.2) is 34.9 Å². The fraction of sp³-hybridized carbons (Fsp3) is 0.533. The van der Waals surface area contributed by atoms with Gasteiger partial charge in [-0.25, -0.2) is 14.7 Å². The Morgan fingerprint density at radius 1 is 1.27 bits per heavy atom. The zero-order valence-corrected chi connectivity index (χ0v) is 15.9. The largest absolute Gasteiger partial charge is 0.384 e. The van der Waals surface area contributed by atoms with E-state index in [9.17, 15) is 19.2 Å². The molecule has 142 valence electrons. The summed E-state index contributed by atoms with van der Waals surface area (Å²) in [6.07, 6.45) is 1.70. The third-order valence-corrected chi connectivity index (χ3v) is 5.16. The first-order chi connectivity index (χ1) is 12.2. The van der Waals surface area contributed by atoms with Crippen LogP contribution in [0.3, 0.4) is 0 Å². The first kappa shape index (κ1) is 19.8. The van der Waals surface area contributed by atoms with Crippen LogP contribution in [0, 0.1) is 0 Å². The van der Waals surface area contributed by atoms with Crippen molar-refractivity contribution in [1.82, 2.24) is 23.9 Å². The molecule has 0 bridgehead atoms. The van der Waals surface area contributed by atoms with Crippen molar-refractivity contribution in [3.05, 3.63) is 36.9 Å². The second-order valence-electron chi connectivity index (χ2n) is 5.91. The van der Waals surface area contributed by atoms with E-state index in [2.05, 4.69) is 10.2 Å². The van der Waals surface area contributed by atoms with Gasteiger partial charge in [0.15, 0.2) is 10.9 Å². The molecule has 2 heterocycles. The maximum Gasteiger partial charge on any atom is 0.343 e. The number of hydrogen-bond donors (Lipinski definition) is 2. The lowest BCUT2D eigenvalue weighted by molar-refractivity contribution is 0.0992. The summed E-state index contributed by atoms with van der Waals surface area (Å²) in [5.74, 6) is -0.706. The maximum atomic E-state index is 12.8. The summed E-state index contributed by atoms with van der Waals surface area (Å²) in [5, 5.41) is 5.95. The Bertz CT molecular complexity index is 999. The summed E-state index contributed by atoms with van der Waals surface area (Å²) in [4.78, 5) is 48.8. The quantitative estimate of drug-likeness (QED) is 0.496. The number of hydrogen-bond acceptors (Lipinski definition) is 7. The highest BCUT2D eigenvalue weighted by molar-refractivity contribution is 8.00. The van der Waals surface area contributed by atoms with Gasteiger partial charge in [0.25, 0.3) is 5.56 Å². The fourth-order valence-electron chi connectivity index (χ4n) is 2.41. The molecule has 1 unspecified atom stereocenters. The van der Waals surface area contributed by atoms with Gasteiger partial charge in [0.2, 0.25) is 0 Å². The van der Waals surface area contributed by atoms with Crippen molar-refractivity contribution < 1.29 is 4.79 Å². The first-order valence-corrected chi connectivity index (χ1v) is 9.00. The summed E-state index contributed by atoms with van der Waals surface area (Å²) < 4.78 is 3.35. The number of nitrogens with one attached hydrogen (secondary N) is 1. The molecule has 1 atom stereocenters. The van der Waals surface area contributed by atoms with E-state index in [0.29, 0.717) is 11.7 Å². The molecule has 0 amide bonds. The summed E-state index contributed by atoms with van der Waals surface area (Å²) in [7, 11) is 2.68. The number of Topliss-reactive ketones (excluding diaryl/α,β-unsaturated/α-hetero) is 1. The van der Waals surface area contributed by atoms with E-state index in [1.807, 2.05) is 6.92 Å². The molecular weight excluding hydrogens is 360 g/mol. The Morgan fingerprint density at radius 3 is 2.54 bits per heavy atom. The van der Waals surface area contributed by atoms with Crippen molar-refractivity contribution in [2.45, 2.75) is 43.6 Å². The number of thioether (sulfide) groups is 1. The van der Waals surface area contributed by atoms with E-state index >= 15 is 0 Å². The molecule has 0 saturated heterocycles. The predicted molar refractivity (Wildman–Crippen MR) is 98.7 cm³/mol. The average Bonchev–Trinajstić information content (AvgIpc) is 2.96. The molecule has 2 rings (SSSR count). The second-order valence-corrected chi connectivity index (χ2v) is 7.21. The number of aromatic amines is 1. The highest BCUT2D eigenvalue weighted by Gasteiger charge is 2.26. The number of nitrogens with zero attached hydrogens (tertiary/aromatic N) is 4. The molecular formula is C15H22N6O4S. The summed E-state index contributed by atoms with van der Waals surface area (Å²) in [5.41, 5.74) is 3.89. The van der Waals surface area contributed by atoms with Gasteiger partial charge in [0, 0.05) is 20.6 Å². The molecule has 0 spiro atoms. The van der Waals surface area contributed by atoms with Crippen molar-refractivity contribution in [1.29, 1.82) is 0 Å². The van der Waals surface area contributed by atoms with Gasteiger partial charge < -0.3 is 5.73 Å². The SMILES string of the molecule is CCCCn1c(SC(C)C(=O)c2c(N)n(C)c(=O)n(C)c2=O)n[nH]c1=O. The van der Waals surface area contributed by atoms with Gasteiger partial charge in [-0.1, -0.05) is 25.1 Å². The zero-order chi connectivity index (χ0) is 19.6. The van der Waals surface area contributed by atoms with Gasteiger partial charge in [-0.3, -0.25) is 23.3 Å². The second kappa shape index (κ2) is 7.77. The van der Waals surface area contributed by atoms with Crippen LogP contribution in [0.1, 0.15) is 37.0 Å². The van der Waals surface area contributed by atoms with Crippen LogP contribution in [0.15, 0.2) is 19.5 Å². The number of H-pyrrole nitrogens is 1. The number of carbonyl (C=O) groups excluding carboxylic acids is 1. The Labute approximate surface area is 153 Å². The van der Waals surface area contributed by atoms with Crippen molar-refractivity contribution in [2.75, 3.05) is 5.73 Å². The molecule has 10 nitrogen and oxygen atoms in total. The van der Waals surface area contributed by atoms with E-state index in [4.69, 9.17) is 5.73 Å². The minimum Gasteiger partial charge on any atom is -0.384 e. The monoisotopic (exact) mass is 382 g/mol. The molecule has 0 radical (unpaired) electrons. The Balaban J connectivity index is 2.37. The predicted octanol–water partition coefficient (Wildman–Crippen LogP) is -0.285. The topological polar surface area (TPSA) is 138 Å². The summed E-state index contributed by atoms with van der Waals surface area (Å²) in [6, 6.07) is 0. The van der Waals surface area contributed by atoms with Crippen LogP contribution in [0.25, 0.3) is 0 Å². The van der Waals surface area contributed by atoms with Crippen LogP contribution < -0.4 is 22.7 Å². The van der Waals surface area contributed by atoms with Gasteiger partial charge in [0.1, 0.15) is 11.4 Å². The maximum absolute atomic E-state index is 12.8. The van der Waals surface area contributed by atoms with Gasteiger partial charge in [-0.2, -0.15) is 0 Å². The van der Waals surface area contributed by atoms with Crippen LogP contribution in [0.5, 0.6) is 0 Å². The minimum atomic E-state index is -0.742. The summed E-state index contributed by atoms with van der Waals surface area (Å²) in [6.45, 7) is 4.08. The number of carbonyl (C=O) groups is 1. The lowest BCUT2D eigenvalue weighted by atomic mass is 10.1. The zero-order valence-electron chi connectivity index (χ0n) is 15.1. The Kier molecular flexibility index (Phi) is 5.90. The Hall–Kier alpha value is -2.56. The van der Waals surface area contributed by atoms with Gasteiger partial charge >= 0.3 is 11.4 Å². The highest BCUT2D eigenvalue weighted by Crippen LogP contribution is 2.23. The van der Waals surface area contributed by atoms with E-state index in [1.165, 1.54) is 18.7 Å². The molecule has 0 saturated carbocycles. The molecule has 2 aromatic heterocycles. The van der Waals surface area contributed by atoms with Gasteiger partial charge in [-0.15, -0.1) is 5.10 Å². The average molecular weight is 382 g/mol. The van der Waals surface area contributed by atoms with Crippen molar-refractivity contribution in [3.63, 3.8) is 0 Å². The molecule has 0 aliphatic heterocycles. The van der Waals surface area contributed by atoms with Crippen molar-refractivity contribution >= 4 is 23.4 Å². The van der Waals surface area contributed by atoms with Crippen LogP contribution in [-0.2, 0) is 20.6 Å². The third kappa shape index (κ3) is 3.52. The number of anilines is 1. The van der Waals surface area contributed by atoms with E-state index in [1.54, 1.807) is 6.92 Å². The molecule has 3 N–H and O–H groups in total. The number of rotatable bonds is 7. The minimum absolute atomic E-state index is 0.180.